The second-order valence-electron chi connectivity index (χ2n) is 4.19. The average molecular weight is 234 g/mol. The number of aliphatic carboxylic acids is 1. The highest BCUT2D eigenvalue weighted by Gasteiger charge is 2.33. The van der Waals surface area contributed by atoms with Gasteiger partial charge in [0.05, 0.1) is 5.92 Å². The number of aromatic nitrogens is 1. The van der Waals surface area contributed by atoms with E-state index in [0.29, 0.717) is 12.0 Å². The van der Waals surface area contributed by atoms with E-state index in [-0.39, 0.29) is 11.9 Å². The van der Waals surface area contributed by atoms with E-state index in [1.807, 2.05) is 0 Å². The number of pyridine rings is 1. The Balaban J connectivity index is 2.02. The second-order valence-corrected chi connectivity index (χ2v) is 4.19. The molecule has 1 fully saturated rings. The lowest BCUT2D eigenvalue weighted by Gasteiger charge is -2.17. The van der Waals surface area contributed by atoms with Crippen molar-refractivity contribution in [3.05, 3.63) is 30.1 Å². The SMILES string of the molecule is O=C(NC1CCCC1C(=O)O)c1ccncc1. The number of nitrogens with zero attached hydrogens (tertiary/aromatic N) is 1. The lowest BCUT2D eigenvalue weighted by molar-refractivity contribution is -0.142. The van der Waals surface area contributed by atoms with Gasteiger partial charge in [0.25, 0.3) is 5.91 Å². The zero-order valence-corrected chi connectivity index (χ0v) is 9.30. The third-order valence-electron chi connectivity index (χ3n) is 3.09. The molecule has 5 nitrogen and oxygen atoms in total. The van der Waals surface area contributed by atoms with Gasteiger partial charge in [0, 0.05) is 24.0 Å². The summed E-state index contributed by atoms with van der Waals surface area (Å²) in [4.78, 5) is 26.6. The minimum atomic E-state index is -0.831. The summed E-state index contributed by atoms with van der Waals surface area (Å²) in [5, 5.41) is 11.8. The summed E-state index contributed by atoms with van der Waals surface area (Å²) in [5.41, 5.74) is 0.510. The Hall–Kier alpha value is -1.91. The van der Waals surface area contributed by atoms with Crippen LogP contribution in [0.2, 0.25) is 0 Å². The lowest BCUT2D eigenvalue weighted by atomic mass is 10.0. The van der Waals surface area contributed by atoms with Crippen molar-refractivity contribution in [2.24, 2.45) is 5.92 Å². The van der Waals surface area contributed by atoms with Crippen molar-refractivity contribution in [3.8, 4) is 0 Å². The molecular weight excluding hydrogens is 220 g/mol. The van der Waals surface area contributed by atoms with Gasteiger partial charge in [0.2, 0.25) is 0 Å². The molecule has 0 radical (unpaired) electrons. The van der Waals surface area contributed by atoms with Gasteiger partial charge in [-0.3, -0.25) is 14.6 Å². The van der Waals surface area contributed by atoms with Crippen LogP contribution in [-0.2, 0) is 4.79 Å². The van der Waals surface area contributed by atoms with Crippen LogP contribution in [0.25, 0.3) is 0 Å². The van der Waals surface area contributed by atoms with Crippen molar-refractivity contribution >= 4 is 11.9 Å². The number of carboxylic acids is 1. The summed E-state index contributed by atoms with van der Waals surface area (Å²) in [6.07, 6.45) is 5.29. The molecule has 0 bridgehead atoms. The molecule has 1 aromatic heterocycles. The summed E-state index contributed by atoms with van der Waals surface area (Å²) in [5.74, 6) is -1.52. The molecular formula is C12H14N2O3. The van der Waals surface area contributed by atoms with E-state index < -0.39 is 11.9 Å². The maximum atomic E-state index is 11.8. The van der Waals surface area contributed by atoms with Crippen molar-refractivity contribution < 1.29 is 14.7 Å². The molecule has 1 aliphatic carbocycles. The largest absolute Gasteiger partial charge is 0.481 e. The summed E-state index contributed by atoms with van der Waals surface area (Å²) >= 11 is 0. The maximum Gasteiger partial charge on any atom is 0.308 e. The number of hydrogen-bond donors (Lipinski definition) is 2. The molecule has 1 aromatic rings. The highest BCUT2D eigenvalue weighted by atomic mass is 16.4. The van der Waals surface area contributed by atoms with Crippen LogP contribution < -0.4 is 5.32 Å². The van der Waals surface area contributed by atoms with E-state index in [0.717, 1.165) is 12.8 Å². The van der Waals surface area contributed by atoms with Crippen LogP contribution >= 0.6 is 0 Å². The van der Waals surface area contributed by atoms with Crippen LogP contribution in [-0.4, -0.2) is 28.0 Å². The predicted molar refractivity (Wildman–Crippen MR) is 60.5 cm³/mol. The standard InChI is InChI=1S/C12H14N2O3/c15-11(8-4-6-13-7-5-8)14-10-3-1-2-9(10)12(16)17/h4-7,9-10H,1-3H2,(H,14,15)(H,16,17). The average Bonchev–Trinajstić information content (AvgIpc) is 2.78. The molecule has 0 spiro atoms. The van der Waals surface area contributed by atoms with E-state index in [9.17, 15) is 9.59 Å². The molecule has 0 aromatic carbocycles. The Labute approximate surface area is 98.9 Å². The molecule has 17 heavy (non-hydrogen) atoms. The quantitative estimate of drug-likeness (QED) is 0.819. The van der Waals surface area contributed by atoms with Crippen molar-refractivity contribution in [1.29, 1.82) is 0 Å². The lowest BCUT2D eigenvalue weighted by Crippen LogP contribution is -2.40. The zero-order valence-electron chi connectivity index (χ0n) is 9.30. The maximum absolute atomic E-state index is 11.8. The molecule has 2 unspecified atom stereocenters. The Morgan fingerprint density at radius 3 is 2.65 bits per heavy atom. The fourth-order valence-electron chi connectivity index (χ4n) is 2.18. The molecule has 0 aliphatic heterocycles. The highest BCUT2D eigenvalue weighted by molar-refractivity contribution is 5.94. The third-order valence-corrected chi connectivity index (χ3v) is 3.09. The zero-order chi connectivity index (χ0) is 12.3. The molecule has 2 N–H and O–H groups in total. The third kappa shape index (κ3) is 2.61. The molecule has 1 saturated carbocycles. The number of carbonyl (C=O) groups excluding carboxylic acids is 1. The first-order valence-corrected chi connectivity index (χ1v) is 5.62. The van der Waals surface area contributed by atoms with E-state index >= 15 is 0 Å². The van der Waals surface area contributed by atoms with Crippen LogP contribution in [0.3, 0.4) is 0 Å². The normalized spacial score (nSPS) is 23.3. The first-order chi connectivity index (χ1) is 8.18. The van der Waals surface area contributed by atoms with Crippen LogP contribution in [0, 0.1) is 5.92 Å². The van der Waals surface area contributed by atoms with Crippen molar-refractivity contribution in [2.75, 3.05) is 0 Å². The van der Waals surface area contributed by atoms with Gasteiger partial charge >= 0.3 is 5.97 Å². The smallest absolute Gasteiger partial charge is 0.308 e. The molecule has 1 aliphatic rings. The van der Waals surface area contributed by atoms with E-state index in [4.69, 9.17) is 5.11 Å². The fraction of sp³-hybridized carbons (Fsp3) is 0.417. The first kappa shape index (κ1) is 11.6. The molecule has 1 heterocycles. The Morgan fingerprint density at radius 1 is 1.29 bits per heavy atom. The van der Waals surface area contributed by atoms with Crippen molar-refractivity contribution in [2.45, 2.75) is 25.3 Å². The molecule has 5 heteroatoms. The number of carbonyl (C=O) groups is 2. The van der Waals surface area contributed by atoms with Gasteiger partial charge in [-0.1, -0.05) is 6.42 Å². The summed E-state index contributed by atoms with van der Waals surface area (Å²) < 4.78 is 0. The predicted octanol–water partition coefficient (Wildman–Crippen LogP) is 1.06. The van der Waals surface area contributed by atoms with Gasteiger partial charge < -0.3 is 10.4 Å². The van der Waals surface area contributed by atoms with Crippen molar-refractivity contribution in [1.82, 2.24) is 10.3 Å². The van der Waals surface area contributed by atoms with E-state index in [1.165, 1.54) is 12.4 Å². The summed E-state index contributed by atoms with van der Waals surface area (Å²) in [7, 11) is 0. The number of hydrogen-bond acceptors (Lipinski definition) is 3. The number of carboxylic acid groups (broad SMARTS) is 1. The van der Waals surface area contributed by atoms with E-state index in [1.54, 1.807) is 12.1 Å². The van der Waals surface area contributed by atoms with Gasteiger partial charge in [0.1, 0.15) is 0 Å². The second kappa shape index (κ2) is 4.95. The summed E-state index contributed by atoms with van der Waals surface area (Å²) in [6, 6.07) is 2.97. The Bertz CT molecular complexity index is 419. The minimum Gasteiger partial charge on any atom is -0.481 e. The van der Waals surface area contributed by atoms with Crippen LogP contribution in [0.1, 0.15) is 29.6 Å². The highest BCUT2D eigenvalue weighted by Crippen LogP contribution is 2.26. The number of rotatable bonds is 3. The number of nitrogens with one attached hydrogen (secondary N) is 1. The van der Waals surface area contributed by atoms with Gasteiger partial charge in [-0.2, -0.15) is 0 Å². The molecule has 2 rings (SSSR count). The Morgan fingerprint density at radius 2 is 2.00 bits per heavy atom. The van der Waals surface area contributed by atoms with Gasteiger partial charge in [-0.25, -0.2) is 0 Å². The van der Waals surface area contributed by atoms with E-state index in [2.05, 4.69) is 10.3 Å². The van der Waals surface area contributed by atoms with Gasteiger partial charge in [-0.05, 0) is 25.0 Å². The fourth-order valence-corrected chi connectivity index (χ4v) is 2.18. The number of amides is 1. The summed E-state index contributed by atoms with van der Waals surface area (Å²) in [6.45, 7) is 0. The van der Waals surface area contributed by atoms with Crippen LogP contribution in [0.15, 0.2) is 24.5 Å². The molecule has 2 atom stereocenters. The molecule has 0 saturated heterocycles. The first-order valence-electron chi connectivity index (χ1n) is 5.62. The van der Waals surface area contributed by atoms with Crippen LogP contribution in [0.4, 0.5) is 0 Å². The van der Waals surface area contributed by atoms with Gasteiger partial charge in [-0.15, -0.1) is 0 Å². The van der Waals surface area contributed by atoms with Gasteiger partial charge in [0.15, 0.2) is 0 Å². The van der Waals surface area contributed by atoms with Crippen LogP contribution in [0.5, 0.6) is 0 Å². The monoisotopic (exact) mass is 234 g/mol. The molecule has 1 amide bonds. The topological polar surface area (TPSA) is 79.3 Å². The molecule has 90 valence electrons. The Kier molecular flexibility index (Phi) is 3.37. The van der Waals surface area contributed by atoms with Crippen molar-refractivity contribution in [3.63, 3.8) is 0 Å². The minimum absolute atomic E-state index is 0.231.